The van der Waals surface area contributed by atoms with Crippen LogP contribution in [0.2, 0.25) is 0 Å². The largest absolute Gasteiger partial charge is 0.350 e. The summed E-state index contributed by atoms with van der Waals surface area (Å²) in [6.07, 6.45) is 4.66. The van der Waals surface area contributed by atoms with Gasteiger partial charge >= 0.3 is 5.69 Å². The van der Waals surface area contributed by atoms with Crippen molar-refractivity contribution in [3.05, 3.63) is 64.0 Å². The predicted octanol–water partition coefficient (Wildman–Crippen LogP) is 2.44. The predicted molar refractivity (Wildman–Crippen MR) is 100 cm³/mol. The van der Waals surface area contributed by atoms with Crippen molar-refractivity contribution in [3.63, 3.8) is 0 Å². The lowest BCUT2D eigenvalue weighted by Crippen LogP contribution is -2.24. The Morgan fingerprint density at radius 1 is 1.25 bits per heavy atom. The third kappa shape index (κ3) is 3.39. The highest BCUT2D eigenvalue weighted by Crippen LogP contribution is 2.34. The first-order chi connectivity index (χ1) is 13.5. The molecule has 2 heterocycles. The van der Waals surface area contributed by atoms with E-state index in [1.54, 1.807) is 0 Å². The number of carbonyl (C=O) groups excluding carboxylic acids is 1. The van der Waals surface area contributed by atoms with Crippen LogP contribution in [0.1, 0.15) is 30.5 Å². The van der Waals surface area contributed by atoms with Crippen molar-refractivity contribution in [1.29, 1.82) is 0 Å². The average Bonchev–Trinajstić information content (AvgIpc) is 3.31. The summed E-state index contributed by atoms with van der Waals surface area (Å²) in [6.45, 7) is 1.50. The number of nitro groups is 1. The summed E-state index contributed by atoms with van der Waals surface area (Å²) >= 11 is 0. The number of fused-ring (bicyclic) bond motifs is 1. The van der Waals surface area contributed by atoms with Gasteiger partial charge in [0.1, 0.15) is 0 Å². The van der Waals surface area contributed by atoms with Crippen molar-refractivity contribution in [2.75, 3.05) is 5.32 Å². The van der Waals surface area contributed by atoms with Gasteiger partial charge in [0.25, 0.3) is 0 Å². The number of hydrogen-bond acceptors (Lipinski definition) is 7. The van der Waals surface area contributed by atoms with Crippen LogP contribution >= 0.6 is 0 Å². The molecule has 1 atom stereocenters. The summed E-state index contributed by atoms with van der Waals surface area (Å²) in [5, 5.41) is 25.4. The summed E-state index contributed by atoms with van der Waals surface area (Å²) in [4.78, 5) is 27.8. The van der Waals surface area contributed by atoms with Crippen molar-refractivity contribution < 1.29 is 9.72 Å². The molecular weight excluding hydrogens is 362 g/mol. The van der Waals surface area contributed by atoms with E-state index in [9.17, 15) is 14.9 Å². The van der Waals surface area contributed by atoms with Gasteiger partial charge < -0.3 is 10.6 Å². The second kappa shape index (κ2) is 7.06. The van der Waals surface area contributed by atoms with Gasteiger partial charge in [0.15, 0.2) is 5.82 Å². The first kappa shape index (κ1) is 17.6. The second-order valence-corrected chi connectivity index (χ2v) is 6.44. The van der Waals surface area contributed by atoms with Gasteiger partial charge in [-0.3, -0.25) is 14.9 Å². The molecule has 10 heteroatoms. The van der Waals surface area contributed by atoms with Crippen LogP contribution in [-0.2, 0) is 11.2 Å². The van der Waals surface area contributed by atoms with Crippen molar-refractivity contribution in [2.24, 2.45) is 0 Å². The molecule has 3 aromatic rings. The van der Waals surface area contributed by atoms with Crippen LogP contribution in [-0.4, -0.2) is 30.8 Å². The number of amides is 1. The number of nitrogens with one attached hydrogen (secondary N) is 2. The van der Waals surface area contributed by atoms with Crippen molar-refractivity contribution in [1.82, 2.24) is 25.3 Å². The third-order valence-electron chi connectivity index (χ3n) is 4.54. The van der Waals surface area contributed by atoms with Gasteiger partial charge in [-0.1, -0.05) is 6.07 Å². The van der Waals surface area contributed by atoms with Gasteiger partial charge in [0, 0.05) is 18.7 Å². The number of carbonyl (C=O) groups is 1. The van der Waals surface area contributed by atoms with Gasteiger partial charge in [-0.2, -0.15) is 10.2 Å². The fourth-order valence-electron chi connectivity index (χ4n) is 3.35. The fraction of sp³-hybridized carbons (Fsp3) is 0.222. The molecule has 0 aliphatic heterocycles. The van der Waals surface area contributed by atoms with E-state index < -0.39 is 4.92 Å². The lowest BCUT2D eigenvalue weighted by molar-refractivity contribution is -0.384. The monoisotopic (exact) mass is 379 g/mol. The highest BCUT2D eigenvalue weighted by molar-refractivity contribution is 5.74. The molecule has 0 unspecified atom stereocenters. The molecule has 1 aliphatic rings. The van der Waals surface area contributed by atoms with Gasteiger partial charge in [0.2, 0.25) is 11.7 Å². The molecule has 28 heavy (non-hydrogen) atoms. The average molecular weight is 379 g/mol. The molecule has 142 valence electrons. The number of anilines is 2. The molecule has 0 radical (unpaired) electrons. The number of pyridine rings is 1. The second-order valence-electron chi connectivity index (χ2n) is 6.44. The minimum absolute atomic E-state index is 0.00299. The Balaban J connectivity index is 1.64. The zero-order valence-corrected chi connectivity index (χ0v) is 15.0. The maximum absolute atomic E-state index is 11.4. The molecule has 4 rings (SSSR count). The van der Waals surface area contributed by atoms with E-state index in [1.165, 1.54) is 36.2 Å². The highest BCUT2D eigenvalue weighted by Gasteiger charge is 2.24. The van der Waals surface area contributed by atoms with Crippen LogP contribution in [0.4, 0.5) is 17.2 Å². The molecule has 2 aromatic heterocycles. The standard InChI is InChI=1S/C18H17N7O3/c1-11(26)21-15-5-2-12-10-13(3-4-14(12)15)22-18-16(25(27)28)6-7-17(23-18)24-19-8-9-20-24/h3-4,6-10,15H,2,5H2,1H3,(H,21,26)(H,22,23)/t15-/m0/s1. The molecule has 1 aliphatic carbocycles. The Labute approximate surface area is 159 Å². The first-order valence-corrected chi connectivity index (χ1v) is 8.70. The fourth-order valence-corrected chi connectivity index (χ4v) is 3.35. The molecule has 2 N–H and O–H groups in total. The zero-order chi connectivity index (χ0) is 19.7. The van der Waals surface area contributed by atoms with Gasteiger partial charge in [-0.15, -0.1) is 4.80 Å². The van der Waals surface area contributed by atoms with Crippen LogP contribution in [0.5, 0.6) is 0 Å². The Hall–Kier alpha value is -3.82. The quantitative estimate of drug-likeness (QED) is 0.515. The Morgan fingerprint density at radius 3 is 2.75 bits per heavy atom. The summed E-state index contributed by atoms with van der Waals surface area (Å²) in [6, 6.07) is 8.54. The summed E-state index contributed by atoms with van der Waals surface area (Å²) < 4.78 is 0. The van der Waals surface area contributed by atoms with Crippen LogP contribution < -0.4 is 10.6 Å². The van der Waals surface area contributed by atoms with Crippen molar-refractivity contribution in [2.45, 2.75) is 25.8 Å². The van der Waals surface area contributed by atoms with Crippen LogP contribution in [0.3, 0.4) is 0 Å². The number of nitrogens with zero attached hydrogens (tertiary/aromatic N) is 5. The zero-order valence-electron chi connectivity index (χ0n) is 15.0. The Morgan fingerprint density at radius 2 is 2.04 bits per heavy atom. The van der Waals surface area contributed by atoms with E-state index in [1.807, 2.05) is 18.2 Å². The molecule has 1 amide bonds. The lowest BCUT2D eigenvalue weighted by Gasteiger charge is -2.13. The van der Waals surface area contributed by atoms with E-state index in [2.05, 4.69) is 25.8 Å². The number of rotatable bonds is 5. The molecule has 10 nitrogen and oxygen atoms in total. The topological polar surface area (TPSA) is 128 Å². The number of benzene rings is 1. The van der Waals surface area contributed by atoms with Crippen LogP contribution in [0.15, 0.2) is 42.7 Å². The van der Waals surface area contributed by atoms with E-state index >= 15 is 0 Å². The molecule has 0 spiro atoms. The molecular formula is C18H17N7O3. The van der Waals surface area contributed by atoms with Crippen molar-refractivity contribution in [3.8, 4) is 5.82 Å². The molecule has 1 aromatic carbocycles. The van der Waals surface area contributed by atoms with E-state index in [-0.39, 0.29) is 23.5 Å². The molecule has 0 saturated carbocycles. The number of hydrogen-bond donors (Lipinski definition) is 2. The Bertz CT molecular complexity index is 1050. The lowest BCUT2D eigenvalue weighted by atomic mass is 10.1. The summed E-state index contributed by atoms with van der Waals surface area (Å²) in [5.74, 6) is 0.407. The Kier molecular flexibility index (Phi) is 4.44. The third-order valence-corrected chi connectivity index (χ3v) is 4.54. The minimum Gasteiger partial charge on any atom is -0.350 e. The van der Waals surface area contributed by atoms with Gasteiger partial charge in [0.05, 0.1) is 23.4 Å². The van der Waals surface area contributed by atoms with E-state index in [0.717, 1.165) is 24.0 Å². The van der Waals surface area contributed by atoms with E-state index in [0.29, 0.717) is 11.5 Å². The SMILES string of the molecule is CC(=O)N[C@H]1CCc2cc(Nc3nc(-n4nccn4)ccc3[N+](=O)[O-])ccc21. The normalized spacial score (nSPS) is 15.1. The van der Waals surface area contributed by atoms with Crippen LogP contribution in [0, 0.1) is 10.1 Å². The molecule has 0 fully saturated rings. The number of aryl methyl sites for hydroxylation is 1. The summed E-state index contributed by atoms with van der Waals surface area (Å²) in [7, 11) is 0. The molecule has 0 saturated heterocycles. The van der Waals surface area contributed by atoms with Crippen molar-refractivity contribution >= 4 is 23.1 Å². The van der Waals surface area contributed by atoms with Gasteiger partial charge in [-0.25, -0.2) is 4.98 Å². The maximum Gasteiger partial charge on any atom is 0.311 e. The van der Waals surface area contributed by atoms with Gasteiger partial charge in [-0.05, 0) is 42.2 Å². The van der Waals surface area contributed by atoms with E-state index in [4.69, 9.17) is 0 Å². The summed E-state index contributed by atoms with van der Waals surface area (Å²) in [5.41, 5.74) is 2.70. The maximum atomic E-state index is 11.4. The number of aromatic nitrogens is 4. The smallest absolute Gasteiger partial charge is 0.311 e. The van der Waals surface area contributed by atoms with Crippen LogP contribution in [0.25, 0.3) is 5.82 Å². The highest BCUT2D eigenvalue weighted by atomic mass is 16.6. The molecule has 0 bridgehead atoms. The first-order valence-electron chi connectivity index (χ1n) is 8.70. The minimum atomic E-state index is -0.490.